The minimum atomic E-state index is -4.39. The van der Waals surface area contributed by atoms with Crippen LogP contribution in [0.4, 0.5) is 0 Å². The molecule has 0 aliphatic rings. The standard InChI is InChI=1S/C8H20O10S3Si/c1-5-8(17-20(11)12,6-15-19(9)10)7-16-21(13,14)18-22(2,3)4/h5-7H2,1-4H3,(H,9,10)(H,11,12)/p-2. The molecule has 0 saturated carbocycles. The molecule has 22 heavy (non-hydrogen) atoms. The van der Waals surface area contributed by atoms with Crippen molar-refractivity contribution in [2.75, 3.05) is 13.2 Å². The van der Waals surface area contributed by atoms with Gasteiger partial charge in [0.25, 0.3) is 0 Å². The van der Waals surface area contributed by atoms with Crippen molar-refractivity contribution in [3.05, 3.63) is 0 Å². The minimum Gasteiger partial charge on any atom is -0.750 e. The average Bonchev–Trinajstić information content (AvgIpc) is 2.29. The first-order chi connectivity index (χ1) is 9.81. The number of hydrogen-bond acceptors (Lipinski definition) is 10. The van der Waals surface area contributed by atoms with Crippen molar-refractivity contribution in [3.8, 4) is 0 Å². The van der Waals surface area contributed by atoms with Crippen LogP contribution in [0.2, 0.25) is 19.6 Å². The molecule has 0 N–H and O–H groups in total. The molecule has 0 amide bonds. The first-order valence-corrected chi connectivity index (χ1v) is 12.7. The van der Waals surface area contributed by atoms with E-state index in [1.165, 1.54) is 6.92 Å². The molecule has 0 heterocycles. The van der Waals surface area contributed by atoms with Gasteiger partial charge in [0, 0.05) is 0 Å². The Labute approximate surface area is 135 Å². The third kappa shape index (κ3) is 10.1. The quantitative estimate of drug-likeness (QED) is 0.340. The number of hydrogen-bond donors (Lipinski definition) is 0. The van der Waals surface area contributed by atoms with Gasteiger partial charge in [-0.3, -0.25) is 12.2 Å². The predicted molar refractivity (Wildman–Crippen MR) is 77.2 cm³/mol. The van der Waals surface area contributed by atoms with Crippen molar-refractivity contribution in [3.63, 3.8) is 0 Å². The Morgan fingerprint density at radius 3 is 2.00 bits per heavy atom. The molecule has 0 aliphatic carbocycles. The highest BCUT2D eigenvalue weighted by Crippen LogP contribution is 2.21. The highest BCUT2D eigenvalue weighted by molar-refractivity contribution is 7.83. The lowest BCUT2D eigenvalue weighted by Gasteiger charge is -2.32. The fourth-order valence-electron chi connectivity index (χ4n) is 1.16. The Morgan fingerprint density at radius 2 is 1.64 bits per heavy atom. The Kier molecular flexibility index (Phi) is 9.00. The highest BCUT2D eigenvalue weighted by atomic mass is 32.3. The smallest absolute Gasteiger partial charge is 0.390 e. The topological polar surface area (TPSA) is 151 Å². The lowest BCUT2D eigenvalue weighted by atomic mass is 10.0. The van der Waals surface area contributed by atoms with Crippen LogP contribution in [0.15, 0.2) is 0 Å². The van der Waals surface area contributed by atoms with E-state index in [0.29, 0.717) is 0 Å². The summed E-state index contributed by atoms with van der Waals surface area (Å²) in [5, 5.41) is 0. The van der Waals surface area contributed by atoms with Crippen molar-refractivity contribution in [2.24, 2.45) is 0 Å². The molecule has 0 aromatic rings. The van der Waals surface area contributed by atoms with Gasteiger partial charge in [-0.2, -0.15) is 8.42 Å². The molecule has 0 bridgehead atoms. The van der Waals surface area contributed by atoms with E-state index in [0.717, 1.165) is 0 Å². The fourth-order valence-corrected chi connectivity index (χ4v) is 4.98. The molecule has 3 unspecified atom stereocenters. The van der Waals surface area contributed by atoms with Gasteiger partial charge in [-0.15, -0.1) is 0 Å². The molecule has 0 saturated heterocycles. The van der Waals surface area contributed by atoms with Crippen LogP contribution in [0.1, 0.15) is 13.3 Å². The maximum atomic E-state index is 11.7. The Bertz CT molecular complexity index is 501. The zero-order valence-corrected chi connectivity index (χ0v) is 15.9. The van der Waals surface area contributed by atoms with Gasteiger partial charge in [-0.1, -0.05) is 6.92 Å². The molecule has 3 atom stereocenters. The van der Waals surface area contributed by atoms with Gasteiger partial charge >= 0.3 is 10.4 Å². The second kappa shape index (κ2) is 8.91. The summed E-state index contributed by atoms with van der Waals surface area (Å²) in [4.78, 5) is 0. The largest absolute Gasteiger partial charge is 0.750 e. The van der Waals surface area contributed by atoms with Gasteiger partial charge in [-0.25, -0.2) is 12.6 Å². The third-order valence-electron chi connectivity index (χ3n) is 2.13. The Balaban J connectivity index is 5.04. The van der Waals surface area contributed by atoms with E-state index >= 15 is 0 Å². The second-order valence-corrected chi connectivity index (χ2v) is 12.3. The zero-order valence-electron chi connectivity index (χ0n) is 12.4. The van der Waals surface area contributed by atoms with E-state index in [4.69, 9.17) is 3.87 Å². The van der Waals surface area contributed by atoms with Crippen molar-refractivity contribution in [1.29, 1.82) is 0 Å². The SMILES string of the molecule is CCC(COS(=O)[O-])(COS(=O)(=O)O[Si](C)(C)C)OS(=O)[O-]. The first kappa shape index (κ1) is 22.2. The third-order valence-corrected chi connectivity index (χ3v) is 6.15. The van der Waals surface area contributed by atoms with E-state index in [2.05, 4.69) is 12.5 Å². The van der Waals surface area contributed by atoms with Crippen LogP contribution in [0, 0.1) is 0 Å². The molecule has 0 aromatic heterocycles. The molecule has 14 heteroatoms. The summed E-state index contributed by atoms with van der Waals surface area (Å²) >= 11 is -5.96. The van der Waals surface area contributed by atoms with E-state index < -0.39 is 60.3 Å². The lowest BCUT2D eigenvalue weighted by Crippen LogP contribution is -2.44. The van der Waals surface area contributed by atoms with E-state index in [9.17, 15) is 25.9 Å². The monoisotopic (exact) mass is 398 g/mol. The van der Waals surface area contributed by atoms with E-state index in [-0.39, 0.29) is 6.42 Å². The van der Waals surface area contributed by atoms with E-state index in [1.807, 2.05) is 0 Å². The van der Waals surface area contributed by atoms with Crippen molar-refractivity contribution in [2.45, 2.75) is 38.6 Å². The van der Waals surface area contributed by atoms with Crippen LogP contribution in [0.5, 0.6) is 0 Å². The summed E-state index contributed by atoms with van der Waals surface area (Å²) in [6, 6.07) is 0. The van der Waals surface area contributed by atoms with Crippen molar-refractivity contribution in [1.82, 2.24) is 0 Å². The van der Waals surface area contributed by atoms with Gasteiger partial charge < -0.3 is 9.11 Å². The Morgan fingerprint density at radius 1 is 1.09 bits per heavy atom. The average molecular weight is 399 g/mol. The molecular formula is C8H18O10S3Si-2. The summed E-state index contributed by atoms with van der Waals surface area (Å²) < 4.78 is 83.8. The second-order valence-electron chi connectivity index (χ2n) is 5.16. The normalized spacial score (nSPS) is 18.6. The summed E-state index contributed by atoms with van der Waals surface area (Å²) in [7, 11) is -6.86. The van der Waals surface area contributed by atoms with Crippen LogP contribution in [0.25, 0.3) is 0 Å². The molecule has 0 aromatic carbocycles. The van der Waals surface area contributed by atoms with Gasteiger partial charge in [-0.05, 0) is 26.1 Å². The molecule has 0 spiro atoms. The first-order valence-electron chi connectivity index (χ1n) is 5.92. The Hall–Kier alpha value is 0.227. The molecular weight excluding hydrogens is 380 g/mol. The summed E-state index contributed by atoms with van der Waals surface area (Å²) in [5.74, 6) is 0. The predicted octanol–water partition coefficient (Wildman–Crippen LogP) is -0.130. The van der Waals surface area contributed by atoms with Crippen LogP contribution in [-0.4, -0.2) is 53.1 Å². The van der Waals surface area contributed by atoms with Crippen LogP contribution < -0.4 is 0 Å². The zero-order chi connectivity index (χ0) is 17.6. The minimum absolute atomic E-state index is 0.0966. The van der Waals surface area contributed by atoms with Gasteiger partial charge in [0.15, 0.2) is 0 Å². The van der Waals surface area contributed by atoms with Gasteiger partial charge in [0.2, 0.25) is 8.32 Å². The maximum absolute atomic E-state index is 11.7. The molecule has 134 valence electrons. The van der Waals surface area contributed by atoms with Gasteiger partial charge in [0.05, 0.1) is 29.3 Å². The molecule has 0 radical (unpaired) electrons. The van der Waals surface area contributed by atoms with Gasteiger partial charge in [0.1, 0.15) is 12.2 Å². The molecule has 0 fully saturated rings. The maximum Gasteiger partial charge on any atom is 0.390 e. The van der Waals surface area contributed by atoms with Crippen LogP contribution in [0.3, 0.4) is 0 Å². The van der Waals surface area contributed by atoms with Crippen molar-refractivity contribution < 1.29 is 42.4 Å². The summed E-state index contributed by atoms with van der Waals surface area (Å²) in [6.07, 6.45) is -0.0966. The van der Waals surface area contributed by atoms with Crippen LogP contribution in [-0.2, 0) is 49.5 Å². The summed E-state index contributed by atoms with van der Waals surface area (Å²) in [6.45, 7) is 4.73. The molecule has 10 nitrogen and oxygen atoms in total. The fraction of sp³-hybridized carbons (Fsp3) is 1.00. The van der Waals surface area contributed by atoms with Crippen molar-refractivity contribution >= 4 is 41.4 Å². The van der Waals surface area contributed by atoms with Crippen LogP contribution >= 0.6 is 0 Å². The molecule has 0 aliphatic heterocycles. The molecule has 0 rings (SSSR count). The lowest BCUT2D eigenvalue weighted by molar-refractivity contribution is -0.0175. The summed E-state index contributed by atoms with van der Waals surface area (Å²) in [5.41, 5.74) is -1.82. The highest BCUT2D eigenvalue weighted by Gasteiger charge is 2.35. The van der Waals surface area contributed by atoms with E-state index in [1.54, 1.807) is 19.6 Å². The number of rotatable bonds is 11.